The van der Waals surface area contributed by atoms with Crippen LogP contribution in [0.1, 0.15) is 6.92 Å². The van der Waals surface area contributed by atoms with Crippen LogP contribution in [-0.2, 0) is 14.3 Å². The van der Waals surface area contributed by atoms with Gasteiger partial charge >= 0.3 is 11.9 Å². The second-order valence-electron chi connectivity index (χ2n) is 3.61. The van der Waals surface area contributed by atoms with Crippen LogP contribution in [0.5, 0.6) is 0 Å². The minimum Gasteiger partial charge on any atom is -0.481 e. The minimum atomic E-state index is -0.888. The monoisotopic (exact) mass is 242 g/mol. The second kappa shape index (κ2) is 5.21. The Kier molecular flexibility index (Phi) is 4.18. The standard InChI is InChI=1S/C11H14O4S/c1-11(16-7-9(12)15-2)6-4-3-5-8(11)10(13)14/h3-6,8H,7H2,1-2H3,(H,13,14). The average molecular weight is 242 g/mol. The van der Waals surface area contributed by atoms with Crippen molar-refractivity contribution in [2.75, 3.05) is 12.9 Å². The quantitative estimate of drug-likeness (QED) is 0.756. The molecule has 0 heterocycles. The first-order chi connectivity index (χ1) is 7.49. The van der Waals surface area contributed by atoms with Crippen molar-refractivity contribution in [1.82, 2.24) is 0 Å². The third-order valence-corrected chi connectivity index (χ3v) is 3.85. The van der Waals surface area contributed by atoms with Gasteiger partial charge in [0.25, 0.3) is 0 Å². The number of hydrogen-bond acceptors (Lipinski definition) is 4. The largest absolute Gasteiger partial charge is 0.481 e. The van der Waals surface area contributed by atoms with Crippen LogP contribution in [0.2, 0.25) is 0 Å². The Hall–Kier alpha value is -1.23. The van der Waals surface area contributed by atoms with Crippen LogP contribution in [-0.4, -0.2) is 34.7 Å². The van der Waals surface area contributed by atoms with Crippen molar-refractivity contribution in [2.24, 2.45) is 5.92 Å². The van der Waals surface area contributed by atoms with E-state index >= 15 is 0 Å². The number of allylic oxidation sites excluding steroid dienone is 2. The lowest BCUT2D eigenvalue weighted by molar-refractivity contribution is -0.141. The second-order valence-corrected chi connectivity index (χ2v) is 5.07. The molecular weight excluding hydrogens is 228 g/mol. The number of ether oxygens (including phenoxy) is 1. The van der Waals surface area contributed by atoms with Crippen LogP contribution in [0.25, 0.3) is 0 Å². The lowest BCUT2D eigenvalue weighted by atomic mass is 9.89. The molecule has 1 N–H and O–H groups in total. The summed E-state index contributed by atoms with van der Waals surface area (Å²) in [5.74, 6) is -1.71. The smallest absolute Gasteiger partial charge is 0.315 e. The first-order valence-corrected chi connectivity index (χ1v) is 5.78. The van der Waals surface area contributed by atoms with Crippen molar-refractivity contribution in [3.05, 3.63) is 24.3 Å². The maximum absolute atomic E-state index is 11.1. The molecule has 1 aliphatic rings. The highest BCUT2D eigenvalue weighted by atomic mass is 32.2. The molecule has 5 heteroatoms. The molecule has 0 spiro atoms. The number of thioether (sulfide) groups is 1. The molecular formula is C11H14O4S. The van der Waals surface area contributed by atoms with E-state index in [1.54, 1.807) is 31.2 Å². The van der Waals surface area contributed by atoms with E-state index in [0.717, 1.165) is 0 Å². The maximum Gasteiger partial charge on any atom is 0.315 e. The van der Waals surface area contributed by atoms with E-state index in [9.17, 15) is 9.59 Å². The number of methoxy groups -OCH3 is 1. The molecule has 1 rings (SSSR count). The van der Waals surface area contributed by atoms with Gasteiger partial charge in [-0.25, -0.2) is 0 Å². The van der Waals surface area contributed by atoms with Gasteiger partial charge in [-0.1, -0.05) is 24.3 Å². The normalized spacial score (nSPS) is 27.8. The molecule has 0 aliphatic heterocycles. The molecule has 0 radical (unpaired) electrons. The number of carbonyl (C=O) groups is 2. The summed E-state index contributed by atoms with van der Waals surface area (Å²) in [6, 6.07) is 0. The fraction of sp³-hybridized carbons (Fsp3) is 0.455. The van der Waals surface area contributed by atoms with Gasteiger partial charge in [-0.15, -0.1) is 11.8 Å². The van der Waals surface area contributed by atoms with Crippen molar-refractivity contribution in [3.63, 3.8) is 0 Å². The van der Waals surface area contributed by atoms with Crippen LogP contribution in [0.15, 0.2) is 24.3 Å². The SMILES string of the molecule is COC(=O)CSC1(C)C=CC=CC1C(=O)O. The predicted octanol–water partition coefficient (Wildman–Crippen LogP) is 1.48. The highest BCUT2D eigenvalue weighted by molar-refractivity contribution is 8.01. The summed E-state index contributed by atoms with van der Waals surface area (Å²) in [5, 5.41) is 9.08. The van der Waals surface area contributed by atoms with E-state index in [1.807, 2.05) is 0 Å². The Bertz CT molecular complexity index is 348. The Morgan fingerprint density at radius 3 is 2.75 bits per heavy atom. The molecule has 0 aromatic rings. The van der Waals surface area contributed by atoms with Gasteiger partial charge in [0.2, 0.25) is 0 Å². The number of hydrogen-bond donors (Lipinski definition) is 1. The zero-order valence-electron chi connectivity index (χ0n) is 9.17. The van der Waals surface area contributed by atoms with Gasteiger partial charge in [-0.2, -0.15) is 0 Å². The van der Waals surface area contributed by atoms with E-state index in [4.69, 9.17) is 5.11 Å². The fourth-order valence-corrected chi connectivity index (χ4v) is 2.54. The summed E-state index contributed by atoms with van der Waals surface area (Å²) in [7, 11) is 1.32. The third kappa shape index (κ3) is 2.88. The number of esters is 1. The number of aliphatic carboxylic acids is 1. The predicted molar refractivity (Wildman–Crippen MR) is 62.3 cm³/mol. The number of carbonyl (C=O) groups excluding carboxylic acids is 1. The van der Waals surface area contributed by atoms with Gasteiger partial charge < -0.3 is 9.84 Å². The van der Waals surface area contributed by atoms with Crippen LogP contribution < -0.4 is 0 Å². The van der Waals surface area contributed by atoms with Gasteiger partial charge in [0.15, 0.2) is 0 Å². The zero-order chi connectivity index (χ0) is 12.2. The van der Waals surface area contributed by atoms with Gasteiger partial charge in [0, 0.05) is 4.75 Å². The highest BCUT2D eigenvalue weighted by Gasteiger charge is 2.37. The zero-order valence-corrected chi connectivity index (χ0v) is 9.99. The molecule has 2 atom stereocenters. The van der Waals surface area contributed by atoms with E-state index in [0.29, 0.717) is 0 Å². The van der Waals surface area contributed by atoms with Crippen LogP contribution in [0.3, 0.4) is 0 Å². The van der Waals surface area contributed by atoms with E-state index in [2.05, 4.69) is 4.74 Å². The molecule has 0 aromatic carbocycles. The summed E-state index contributed by atoms with van der Waals surface area (Å²) in [6.07, 6.45) is 6.94. The van der Waals surface area contributed by atoms with Gasteiger partial charge in [-0.05, 0) is 6.92 Å². The van der Waals surface area contributed by atoms with Crippen molar-refractivity contribution in [2.45, 2.75) is 11.7 Å². The summed E-state index contributed by atoms with van der Waals surface area (Å²) in [4.78, 5) is 22.1. The minimum absolute atomic E-state index is 0.148. The van der Waals surface area contributed by atoms with E-state index in [-0.39, 0.29) is 11.7 Å². The lowest BCUT2D eigenvalue weighted by Gasteiger charge is -2.31. The number of rotatable bonds is 4. The molecule has 4 nitrogen and oxygen atoms in total. The molecule has 0 aromatic heterocycles. The van der Waals surface area contributed by atoms with Crippen LogP contribution >= 0.6 is 11.8 Å². The third-order valence-electron chi connectivity index (χ3n) is 2.45. The Balaban J connectivity index is 2.73. The van der Waals surface area contributed by atoms with Crippen LogP contribution in [0.4, 0.5) is 0 Å². The molecule has 0 fully saturated rings. The highest BCUT2D eigenvalue weighted by Crippen LogP contribution is 2.37. The number of carboxylic acids is 1. The lowest BCUT2D eigenvalue weighted by Crippen LogP contribution is -2.36. The van der Waals surface area contributed by atoms with Crippen molar-refractivity contribution < 1.29 is 19.4 Å². The van der Waals surface area contributed by atoms with Gasteiger partial charge in [0.05, 0.1) is 18.8 Å². The van der Waals surface area contributed by atoms with E-state index in [1.165, 1.54) is 18.9 Å². The van der Waals surface area contributed by atoms with Gasteiger partial charge in [-0.3, -0.25) is 9.59 Å². The van der Waals surface area contributed by atoms with Crippen LogP contribution in [0, 0.1) is 5.92 Å². The first-order valence-electron chi connectivity index (χ1n) is 4.79. The summed E-state index contributed by atoms with van der Waals surface area (Å²) in [6.45, 7) is 1.80. The molecule has 88 valence electrons. The summed E-state index contributed by atoms with van der Waals surface area (Å²) < 4.78 is 3.93. The molecule has 0 bridgehead atoms. The molecule has 0 saturated heterocycles. The fourth-order valence-electron chi connectivity index (χ4n) is 1.46. The van der Waals surface area contributed by atoms with E-state index < -0.39 is 16.6 Å². The maximum atomic E-state index is 11.1. The Labute approximate surface area is 98.4 Å². The van der Waals surface area contributed by atoms with Gasteiger partial charge in [0.1, 0.15) is 0 Å². The topological polar surface area (TPSA) is 63.6 Å². The Morgan fingerprint density at radius 2 is 2.19 bits per heavy atom. The summed E-state index contributed by atoms with van der Waals surface area (Å²) >= 11 is 1.28. The molecule has 16 heavy (non-hydrogen) atoms. The van der Waals surface area contributed by atoms with Crippen molar-refractivity contribution >= 4 is 23.7 Å². The summed E-state index contributed by atoms with van der Waals surface area (Å²) in [5.41, 5.74) is 0. The van der Waals surface area contributed by atoms with Crippen molar-refractivity contribution in [3.8, 4) is 0 Å². The first kappa shape index (κ1) is 12.8. The van der Waals surface area contributed by atoms with Crippen molar-refractivity contribution in [1.29, 1.82) is 0 Å². The average Bonchev–Trinajstić information content (AvgIpc) is 2.26. The molecule has 0 saturated carbocycles. The Morgan fingerprint density at radius 1 is 1.50 bits per heavy atom. The molecule has 0 amide bonds. The molecule has 2 unspecified atom stereocenters. The molecule has 1 aliphatic carbocycles. The number of carboxylic acid groups (broad SMARTS) is 1.